The smallest absolute Gasteiger partial charge is 0.250 e. The van der Waals surface area contributed by atoms with Crippen molar-refractivity contribution in [1.29, 1.82) is 0 Å². The Morgan fingerprint density at radius 1 is 1.00 bits per heavy atom. The summed E-state index contributed by atoms with van der Waals surface area (Å²) in [6, 6.07) is 11.4. The van der Waals surface area contributed by atoms with Gasteiger partial charge in [-0.3, -0.25) is 9.59 Å². The number of nitrogens with zero attached hydrogens (tertiary/aromatic N) is 2. The molecule has 1 atom stereocenters. The number of unbranched alkanes of at least 4 members (excludes halogenated alkanes) is 3. The Balaban J connectivity index is 1.52. The largest absolute Gasteiger partial charge is 0.494 e. The number of thiophene rings is 1. The van der Waals surface area contributed by atoms with Crippen LogP contribution in [0.25, 0.3) is 0 Å². The van der Waals surface area contributed by atoms with E-state index in [0.29, 0.717) is 13.2 Å². The van der Waals surface area contributed by atoms with E-state index in [4.69, 9.17) is 4.74 Å². The van der Waals surface area contributed by atoms with Gasteiger partial charge in [0.15, 0.2) is 0 Å². The Morgan fingerprint density at radius 3 is 2.48 bits per heavy atom. The number of piperazine rings is 1. The summed E-state index contributed by atoms with van der Waals surface area (Å²) in [6.45, 7) is 3.58. The minimum atomic E-state index is -0.575. The molecule has 1 saturated heterocycles. The molecule has 0 bridgehead atoms. The van der Waals surface area contributed by atoms with Crippen LogP contribution in [0.1, 0.15) is 81.2 Å². The fraction of sp³-hybridized carbons (Fsp3) is 0.556. The molecule has 0 unspecified atom stereocenters. The lowest BCUT2D eigenvalue weighted by atomic mass is 9.91. The van der Waals surface area contributed by atoms with Gasteiger partial charge in [0.1, 0.15) is 18.3 Å². The molecule has 5 nitrogen and oxygen atoms in total. The predicted molar refractivity (Wildman–Crippen MR) is 132 cm³/mol. The molecule has 0 radical (unpaired) electrons. The van der Waals surface area contributed by atoms with Crippen molar-refractivity contribution in [1.82, 2.24) is 9.80 Å². The van der Waals surface area contributed by atoms with Crippen molar-refractivity contribution in [2.75, 3.05) is 13.2 Å². The van der Waals surface area contributed by atoms with Gasteiger partial charge in [-0.2, -0.15) is 0 Å². The molecule has 2 fully saturated rings. The zero-order valence-corrected chi connectivity index (χ0v) is 20.5. The highest BCUT2D eigenvalue weighted by molar-refractivity contribution is 7.09. The van der Waals surface area contributed by atoms with Gasteiger partial charge in [0.05, 0.1) is 13.2 Å². The average molecular weight is 469 g/mol. The number of benzene rings is 1. The van der Waals surface area contributed by atoms with E-state index in [1.165, 1.54) is 25.7 Å². The van der Waals surface area contributed by atoms with Crippen LogP contribution in [-0.4, -0.2) is 40.8 Å². The van der Waals surface area contributed by atoms with E-state index < -0.39 is 6.04 Å². The van der Waals surface area contributed by atoms with Gasteiger partial charge >= 0.3 is 0 Å². The molecule has 0 spiro atoms. The van der Waals surface area contributed by atoms with Crippen LogP contribution in [0.15, 0.2) is 41.8 Å². The van der Waals surface area contributed by atoms with Gasteiger partial charge in [-0.15, -0.1) is 11.3 Å². The third kappa shape index (κ3) is 5.97. The molecule has 33 heavy (non-hydrogen) atoms. The van der Waals surface area contributed by atoms with Crippen molar-refractivity contribution >= 4 is 23.2 Å². The summed E-state index contributed by atoms with van der Waals surface area (Å²) in [7, 11) is 0. The van der Waals surface area contributed by atoms with Crippen LogP contribution in [-0.2, 0) is 16.1 Å². The molecule has 2 heterocycles. The third-order valence-corrected chi connectivity index (χ3v) is 7.70. The molecule has 0 N–H and O–H groups in total. The molecule has 1 aromatic heterocycles. The molecular formula is C27H36N2O3S. The highest BCUT2D eigenvalue weighted by Crippen LogP contribution is 2.34. The van der Waals surface area contributed by atoms with Crippen molar-refractivity contribution in [2.45, 2.75) is 83.3 Å². The van der Waals surface area contributed by atoms with Crippen LogP contribution >= 0.6 is 11.3 Å². The molecule has 2 amide bonds. The molecule has 1 aliphatic heterocycles. The number of hydrogen-bond acceptors (Lipinski definition) is 4. The first kappa shape index (κ1) is 23.8. The number of carbonyl (C=O) groups excluding carboxylic acids is 2. The number of amides is 2. The summed E-state index contributed by atoms with van der Waals surface area (Å²) in [5, 5.41) is 2.02. The van der Waals surface area contributed by atoms with Gasteiger partial charge in [-0.25, -0.2) is 0 Å². The third-order valence-electron chi connectivity index (χ3n) is 6.84. The van der Waals surface area contributed by atoms with Gasteiger partial charge in [0.25, 0.3) is 5.91 Å². The van der Waals surface area contributed by atoms with Crippen molar-refractivity contribution in [3.63, 3.8) is 0 Å². The highest BCUT2D eigenvalue weighted by atomic mass is 32.1. The molecular weight excluding hydrogens is 432 g/mol. The van der Waals surface area contributed by atoms with E-state index in [1.54, 1.807) is 16.2 Å². The van der Waals surface area contributed by atoms with E-state index in [1.807, 2.05) is 46.7 Å². The van der Waals surface area contributed by atoms with Gasteiger partial charge in [-0.05, 0) is 48.4 Å². The summed E-state index contributed by atoms with van der Waals surface area (Å²) in [5.41, 5.74) is 0.865. The lowest BCUT2D eigenvalue weighted by Gasteiger charge is -2.44. The summed E-state index contributed by atoms with van der Waals surface area (Å²) < 4.78 is 5.90. The SMILES string of the molecule is CCCCCCOc1ccc([C@@H]2C(=O)N(C3CCCCC3)CC(=O)N2Cc2cccs2)cc1. The van der Waals surface area contributed by atoms with Gasteiger partial charge in [0.2, 0.25) is 5.91 Å². The van der Waals surface area contributed by atoms with Gasteiger partial charge in [0, 0.05) is 10.9 Å². The maximum atomic E-state index is 13.8. The Bertz CT molecular complexity index is 891. The van der Waals surface area contributed by atoms with Crippen LogP contribution in [0.3, 0.4) is 0 Å². The second kappa shape index (κ2) is 11.7. The first-order valence-electron chi connectivity index (χ1n) is 12.5. The Kier molecular flexibility index (Phi) is 8.43. The molecule has 1 saturated carbocycles. The Labute approximate surface area is 201 Å². The molecule has 6 heteroatoms. The Morgan fingerprint density at radius 2 is 1.79 bits per heavy atom. The molecule has 2 aliphatic rings. The van der Waals surface area contributed by atoms with Crippen LogP contribution in [0.2, 0.25) is 0 Å². The van der Waals surface area contributed by atoms with Crippen molar-refractivity contribution in [3.05, 3.63) is 52.2 Å². The van der Waals surface area contributed by atoms with Crippen LogP contribution in [0.5, 0.6) is 5.75 Å². The normalized spacial score (nSPS) is 19.8. The van der Waals surface area contributed by atoms with E-state index in [9.17, 15) is 9.59 Å². The fourth-order valence-electron chi connectivity index (χ4n) is 4.99. The van der Waals surface area contributed by atoms with E-state index >= 15 is 0 Å². The maximum absolute atomic E-state index is 13.8. The van der Waals surface area contributed by atoms with Crippen LogP contribution in [0.4, 0.5) is 0 Å². The van der Waals surface area contributed by atoms with Crippen molar-refractivity contribution in [2.24, 2.45) is 0 Å². The second-order valence-electron chi connectivity index (χ2n) is 9.24. The zero-order chi connectivity index (χ0) is 23.0. The van der Waals surface area contributed by atoms with Gasteiger partial charge < -0.3 is 14.5 Å². The van der Waals surface area contributed by atoms with E-state index in [2.05, 4.69) is 6.92 Å². The van der Waals surface area contributed by atoms with Crippen LogP contribution in [0, 0.1) is 0 Å². The number of carbonyl (C=O) groups is 2. The Hall–Kier alpha value is -2.34. The summed E-state index contributed by atoms with van der Waals surface area (Å²) in [5.74, 6) is 0.917. The van der Waals surface area contributed by atoms with E-state index in [-0.39, 0.29) is 24.4 Å². The average Bonchev–Trinajstić information content (AvgIpc) is 3.36. The molecule has 1 aromatic carbocycles. The summed E-state index contributed by atoms with van der Waals surface area (Å²) >= 11 is 1.62. The summed E-state index contributed by atoms with van der Waals surface area (Å²) in [6.07, 6.45) is 10.2. The zero-order valence-electron chi connectivity index (χ0n) is 19.7. The topological polar surface area (TPSA) is 49.9 Å². The first-order chi connectivity index (χ1) is 16.2. The van der Waals surface area contributed by atoms with E-state index in [0.717, 1.165) is 48.3 Å². The highest BCUT2D eigenvalue weighted by Gasteiger charge is 2.43. The number of hydrogen-bond donors (Lipinski definition) is 0. The first-order valence-corrected chi connectivity index (χ1v) is 13.4. The molecule has 1 aliphatic carbocycles. The standard InChI is InChI=1S/C27H36N2O3S/c1-2-3-4-8-17-32-23-15-13-21(14-16-23)26-27(31)28(22-10-6-5-7-11-22)20-25(30)29(26)19-24-12-9-18-33-24/h9,12-16,18,22,26H,2-8,10-11,17,19-20H2,1H3/t26-/m1/s1. The molecule has 178 valence electrons. The van der Waals surface area contributed by atoms with Crippen LogP contribution < -0.4 is 4.74 Å². The second-order valence-corrected chi connectivity index (χ2v) is 10.3. The fourth-order valence-corrected chi connectivity index (χ4v) is 5.69. The lowest BCUT2D eigenvalue weighted by molar-refractivity contribution is -0.159. The maximum Gasteiger partial charge on any atom is 0.250 e. The summed E-state index contributed by atoms with van der Waals surface area (Å²) in [4.78, 5) is 31.8. The van der Waals surface area contributed by atoms with Crippen molar-refractivity contribution in [3.8, 4) is 5.75 Å². The quantitative estimate of drug-likeness (QED) is 0.405. The minimum absolute atomic E-state index is 0.0369. The number of ether oxygens (including phenoxy) is 1. The number of rotatable bonds is 10. The van der Waals surface area contributed by atoms with Crippen molar-refractivity contribution < 1.29 is 14.3 Å². The molecule has 2 aromatic rings. The van der Waals surface area contributed by atoms with Gasteiger partial charge in [-0.1, -0.05) is 63.6 Å². The lowest BCUT2D eigenvalue weighted by Crippen LogP contribution is -2.58. The monoisotopic (exact) mass is 468 g/mol. The molecule has 4 rings (SSSR count). The predicted octanol–water partition coefficient (Wildman–Crippen LogP) is 5.95. The minimum Gasteiger partial charge on any atom is -0.494 e.